The molecule has 1 rings (SSSR count). The number of methoxy groups -OCH3 is 2. The van der Waals surface area contributed by atoms with Gasteiger partial charge in [-0.15, -0.1) is 0 Å². The first-order valence-corrected chi connectivity index (χ1v) is 7.65. The largest absolute Gasteiger partial charge is 0.388 e. The summed E-state index contributed by atoms with van der Waals surface area (Å²) >= 11 is 0. The van der Waals surface area contributed by atoms with Gasteiger partial charge in [0.05, 0.1) is 13.2 Å². The second-order valence-electron chi connectivity index (χ2n) is 5.62. The van der Waals surface area contributed by atoms with Crippen LogP contribution >= 0.6 is 0 Å². The number of ether oxygens (including phenoxy) is 3. The molecule has 156 valence electrons. The first kappa shape index (κ1) is 25.2. The highest BCUT2D eigenvalue weighted by Gasteiger charge is 2.42. The highest BCUT2D eigenvalue weighted by atomic mass is 16.6. The van der Waals surface area contributed by atoms with Gasteiger partial charge in [-0.2, -0.15) is 0 Å². The molecular weight excluding hydrogens is 360 g/mol. The van der Waals surface area contributed by atoms with Gasteiger partial charge in [-0.1, -0.05) is 0 Å². The van der Waals surface area contributed by atoms with Crippen LogP contribution in [0, 0.1) is 0 Å². The van der Waals surface area contributed by atoms with E-state index in [4.69, 9.17) is 40.1 Å². The molecule has 0 aromatic rings. The molecule has 0 bridgehead atoms. The van der Waals surface area contributed by atoms with Crippen molar-refractivity contribution in [2.24, 2.45) is 0 Å². The molecule has 1 aliphatic heterocycles. The van der Waals surface area contributed by atoms with E-state index in [1.54, 1.807) is 0 Å². The summed E-state index contributed by atoms with van der Waals surface area (Å²) in [5.74, 6) is 0. The summed E-state index contributed by atoms with van der Waals surface area (Å²) in [6.07, 6.45) is -12.7. The highest BCUT2D eigenvalue weighted by Crippen LogP contribution is 2.19. The van der Waals surface area contributed by atoms with Gasteiger partial charge in [0.2, 0.25) is 0 Å². The lowest BCUT2D eigenvalue weighted by atomic mass is 9.99. The number of carbonyl (C=O) groups is 1. The van der Waals surface area contributed by atoms with Crippen LogP contribution in [0.4, 0.5) is 0 Å². The predicted molar refractivity (Wildman–Crippen MR) is 82.7 cm³/mol. The third kappa shape index (κ3) is 7.46. The van der Waals surface area contributed by atoms with Crippen LogP contribution in [-0.4, -0.2) is 130 Å². The Balaban J connectivity index is 0.000000481. The number of hydrogen-bond acceptors (Lipinski definition) is 12. The summed E-state index contributed by atoms with van der Waals surface area (Å²) in [4.78, 5) is 10.00. The fourth-order valence-corrected chi connectivity index (χ4v) is 2.01. The van der Waals surface area contributed by atoms with Crippen LogP contribution < -0.4 is 0 Å². The average molecular weight is 388 g/mol. The van der Waals surface area contributed by atoms with Gasteiger partial charge in [-0.3, -0.25) is 0 Å². The first-order chi connectivity index (χ1) is 12.1. The van der Waals surface area contributed by atoms with Gasteiger partial charge in [0.15, 0.2) is 12.6 Å². The van der Waals surface area contributed by atoms with E-state index in [9.17, 15) is 15.0 Å². The Kier molecular flexibility index (Phi) is 12.2. The minimum atomic E-state index is -1.71. The average Bonchev–Trinajstić information content (AvgIpc) is 2.63. The van der Waals surface area contributed by atoms with Crippen molar-refractivity contribution in [2.75, 3.05) is 27.4 Å². The van der Waals surface area contributed by atoms with Crippen molar-refractivity contribution in [3.05, 3.63) is 0 Å². The maximum absolute atomic E-state index is 10.00. The van der Waals surface area contributed by atoms with Crippen molar-refractivity contribution in [3.8, 4) is 0 Å². The molecule has 0 spiro atoms. The Hall–Kier alpha value is -0.770. The molecule has 8 N–H and O–H groups in total. The molecular formula is C14H28O12. The number of aldehydes is 1. The number of aliphatic hydroxyl groups excluding tert-OH is 8. The van der Waals surface area contributed by atoms with E-state index < -0.39 is 55.1 Å². The molecule has 26 heavy (non-hydrogen) atoms. The second kappa shape index (κ2) is 12.6. The maximum atomic E-state index is 10.00. The van der Waals surface area contributed by atoms with E-state index in [1.165, 1.54) is 14.2 Å². The zero-order valence-corrected chi connectivity index (χ0v) is 14.4. The van der Waals surface area contributed by atoms with E-state index >= 15 is 0 Å². The van der Waals surface area contributed by atoms with Crippen molar-refractivity contribution >= 4 is 6.29 Å². The van der Waals surface area contributed by atoms with E-state index in [0.717, 1.165) is 0 Å². The topological polar surface area (TPSA) is 207 Å². The van der Waals surface area contributed by atoms with Crippen molar-refractivity contribution < 1.29 is 59.9 Å². The highest BCUT2D eigenvalue weighted by molar-refractivity contribution is 5.56. The fourth-order valence-electron chi connectivity index (χ4n) is 2.01. The zero-order valence-electron chi connectivity index (χ0n) is 14.4. The van der Waals surface area contributed by atoms with Gasteiger partial charge in [-0.05, 0) is 0 Å². The number of aliphatic hydroxyl groups is 8. The van der Waals surface area contributed by atoms with E-state index in [0.29, 0.717) is 0 Å². The first-order valence-electron chi connectivity index (χ1n) is 7.65. The molecule has 12 nitrogen and oxygen atoms in total. The fraction of sp³-hybridized carbons (Fsp3) is 0.929. The van der Waals surface area contributed by atoms with Crippen molar-refractivity contribution in [3.63, 3.8) is 0 Å². The van der Waals surface area contributed by atoms with Crippen LogP contribution in [0.1, 0.15) is 0 Å². The zero-order chi connectivity index (χ0) is 20.4. The summed E-state index contributed by atoms with van der Waals surface area (Å²) in [6.45, 7) is -0.147. The van der Waals surface area contributed by atoms with Gasteiger partial charge < -0.3 is 59.9 Å². The van der Waals surface area contributed by atoms with Gasteiger partial charge >= 0.3 is 0 Å². The Morgan fingerprint density at radius 1 is 0.923 bits per heavy atom. The third-order valence-corrected chi connectivity index (χ3v) is 3.59. The van der Waals surface area contributed by atoms with Gasteiger partial charge in [0.25, 0.3) is 0 Å². The van der Waals surface area contributed by atoms with Gasteiger partial charge in [-0.25, -0.2) is 0 Å². The number of carbonyl (C=O) groups excluding carboxylic acids is 1. The minimum Gasteiger partial charge on any atom is -0.388 e. The lowest BCUT2D eigenvalue weighted by Gasteiger charge is -2.37. The number of rotatable bonds is 8. The van der Waals surface area contributed by atoms with Crippen molar-refractivity contribution in [1.29, 1.82) is 0 Å². The lowest BCUT2D eigenvalue weighted by molar-refractivity contribution is -0.287. The molecule has 1 fully saturated rings. The molecule has 0 aromatic carbocycles. The second-order valence-corrected chi connectivity index (χ2v) is 5.62. The summed E-state index contributed by atoms with van der Waals surface area (Å²) in [5, 5.41) is 72.7. The Morgan fingerprint density at radius 3 is 1.96 bits per heavy atom. The minimum absolute atomic E-state index is 0.0437. The maximum Gasteiger partial charge on any atom is 0.184 e. The molecule has 0 radical (unpaired) electrons. The third-order valence-electron chi connectivity index (χ3n) is 3.59. The standard InChI is InChI=1S/2C7H14O6/c1-12-2-3-4(8)5(9)6(10)7(11)13-3;1-13-3-5(10)7(12)6(11)4(9)2-8/h3-11H,2H2,1H3;2,4-7,9-12H,3H2,1H3/t3-,4-,5+,6-,7?;4-,5+,6+,7+/m10/s1. The Bertz CT molecular complexity index is 383. The van der Waals surface area contributed by atoms with Crippen molar-refractivity contribution in [2.45, 2.75) is 55.1 Å². The molecule has 1 saturated heterocycles. The molecule has 0 aromatic heterocycles. The Morgan fingerprint density at radius 2 is 1.50 bits per heavy atom. The summed E-state index contributed by atoms with van der Waals surface area (Å²) in [5.41, 5.74) is 0. The van der Waals surface area contributed by atoms with Gasteiger partial charge in [0, 0.05) is 14.2 Å². The quantitative estimate of drug-likeness (QED) is 0.183. The van der Waals surface area contributed by atoms with Crippen LogP contribution in [0.3, 0.4) is 0 Å². The van der Waals surface area contributed by atoms with Crippen LogP contribution in [0.25, 0.3) is 0 Å². The molecule has 12 heteroatoms. The molecule has 1 heterocycles. The Labute approximate surface area is 149 Å². The van der Waals surface area contributed by atoms with E-state index in [1.807, 2.05) is 0 Å². The van der Waals surface area contributed by atoms with Crippen LogP contribution in [-0.2, 0) is 19.0 Å². The molecule has 1 aliphatic rings. The molecule has 0 amide bonds. The van der Waals surface area contributed by atoms with E-state index in [-0.39, 0.29) is 19.5 Å². The molecule has 1 unspecified atom stereocenters. The van der Waals surface area contributed by atoms with Crippen molar-refractivity contribution in [1.82, 2.24) is 0 Å². The van der Waals surface area contributed by atoms with E-state index in [2.05, 4.69) is 4.74 Å². The number of hydrogen-bond donors (Lipinski definition) is 8. The summed E-state index contributed by atoms with van der Waals surface area (Å²) in [6, 6.07) is 0. The molecule has 0 saturated carbocycles. The van der Waals surface area contributed by atoms with Gasteiger partial charge in [0.1, 0.15) is 48.8 Å². The lowest BCUT2D eigenvalue weighted by Crippen LogP contribution is -2.58. The molecule has 0 aliphatic carbocycles. The summed E-state index contributed by atoms with van der Waals surface area (Å²) in [7, 11) is 2.71. The summed E-state index contributed by atoms with van der Waals surface area (Å²) < 4.78 is 14.0. The normalized spacial score (nSPS) is 33.4. The molecule has 9 atom stereocenters. The predicted octanol–water partition coefficient (Wildman–Crippen LogP) is -5.29. The van der Waals surface area contributed by atoms with Crippen LogP contribution in [0.15, 0.2) is 0 Å². The smallest absolute Gasteiger partial charge is 0.184 e. The SMILES string of the molecule is COC[C@@H](O)[C@@H](O)[C@H](O)[C@@H](O)C=O.COC[C@H]1OC(O)[C@H](O)[C@@H](O)[C@@H]1O. The van der Waals surface area contributed by atoms with Crippen LogP contribution in [0.2, 0.25) is 0 Å². The monoisotopic (exact) mass is 388 g/mol. The van der Waals surface area contributed by atoms with Crippen LogP contribution in [0.5, 0.6) is 0 Å².